The van der Waals surface area contributed by atoms with E-state index in [0.717, 1.165) is 18.2 Å². The summed E-state index contributed by atoms with van der Waals surface area (Å²) in [4.78, 5) is 22.8. The van der Waals surface area contributed by atoms with Crippen molar-refractivity contribution in [2.24, 2.45) is 5.73 Å². The molecule has 0 radical (unpaired) electrons. The van der Waals surface area contributed by atoms with Crippen molar-refractivity contribution >= 4 is 11.8 Å². The summed E-state index contributed by atoms with van der Waals surface area (Å²) in [7, 11) is 0. The SMILES string of the molecule is CC(NC(=O)c1ccc(OCc2ccc(C(F)(F)F)cc2)c(F)c1)C(N)=O. The minimum absolute atomic E-state index is 0.0394. The molecule has 5 nitrogen and oxygen atoms in total. The second-order valence-electron chi connectivity index (χ2n) is 5.73. The van der Waals surface area contributed by atoms with Crippen molar-refractivity contribution in [1.82, 2.24) is 5.32 Å². The minimum Gasteiger partial charge on any atom is -0.486 e. The maximum absolute atomic E-state index is 14.1. The number of nitrogens with two attached hydrogens (primary N) is 1. The monoisotopic (exact) mass is 384 g/mol. The normalized spacial score (nSPS) is 12.3. The highest BCUT2D eigenvalue weighted by molar-refractivity contribution is 5.97. The average molecular weight is 384 g/mol. The third-order valence-corrected chi connectivity index (χ3v) is 3.64. The molecule has 0 aromatic heterocycles. The van der Waals surface area contributed by atoms with Gasteiger partial charge in [-0.25, -0.2) is 4.39 Å². The molecule has 0 heterocycles. The van der Waals surface area contributed by atoms with Gasteiger partial charge >= 0.3 is 6.18 Å². The third kappa shape index (κ3) is 5.44. The Morgan fingerprint density at radius 3 is 2.30 bits per heavy atom. The predicted molar refractivity (Wildman–Crippen MR) is 88.3 cm³/mol. The van der Waals surface area contributed by atoms with E-state index < -0.39 is 35.4 Å². The molecule has 9 heteroatoms. The number of ether oxygens (including phenoxy) is 1. The van der Waals surface area contributed by atoms with Crippen LogP contribution in [-0.4, -0.2) is 17.9 Å². The number of carbonyl (C=O) groups excluding carboxylic acids is 2. The molecule has 0 saturated carbocycles. The van der Waals surface area contributed by atoms with Gasteiger partial charge < -0.3 is 15.8 Å². The summed E-state index contributed by atoms with van der Waals surface area (Å²) in [5, 5.41) is 2.30. The molecular formula is C18H16F4N2O3. The zero-order valence-corrected chi connectivity index (χ0v) is 14.1. The van der Waals surface area contributed by atoms with Crippen molar-refractivity contribution < 1.29 is 31.9 Å². The van der Waals surface area contributed by atoms with Gasteiger partial charge in [-0.3, -0.25) is 9.59 Å². The van der Waals surface area contributed by atoms with Crippen molar-refractivity contribution in [3.05, 3.63) is 65.0 Å². The maximum atomic E-state index is 14.1. The van der Waals surface area contributed by atoms with Gasteiger partial charge in [0.1, 0.15) is 12.6 Å². The lowest BCUT2D eigenvalue weighted by Gasteiger charge is -2.12. The standard InChI is InChI=1S/C18H16F4N2O3/c1-10(16(23)25)24-17(26)12-4-7-15(14(19)8-12)27-9-11-2-5-13(6-3-11)18(20,21)22/h2-8,10H,9H2,1H3,(H2,23,25)(H,24,26). The summed E-state index contributed by atoms with van der Waals surface area (Å²) in [6, 6.07) is 6.77. The molecule has 0 aliphatic rings. The van der Waals surface area contributed by atoms with Crippen LogP contribution in [0.1, 0.15) is 28.4 Å². The quantitative estimate of drug-likeness (QED) is 0.752. The van der Waals surface area contributed by atoms with Crippen molar-refractivity contribution in [1.29, 1.82) is 0 Å². The van der Waals surface area contributed by atoms with Crippen molar-refractivity contribution in [3.8, 4) is 5.75 Å². The van der Waals surface area contributed by atoms with Crippen molar-refractivity contribution in [2.75, 3.05) is 0 Å². The van der Waals surface area contributed by atoms with E-state index in [-0.39, 0.29) is 17.9 Å². The zero-order valence-electron chi connectivity index (χ0n) is 14.1. The molecule has 27 heavy (non-hydrogen) atoms. The number of amides is 2. The fraction of sp³-hybridized carbons (Fsp3) is 0.222. The first-order chi connectivity index (χ1) is 12.6. The number of alkyl halides is 3. The highest BCUT2D eigenvalue weighted by Gasteiger charge is 2.29. The minimum atomic E-state index is -4.44. The van der Waals surface area contributed by atoms with E-state index in [1.807, 2.05) is 0 Å². The number of benzene rings is 2. The van der Waals surface area contributed by atoms with Crippen LogP contribution in [0.5, 0.6) is 5.75 Å². The molecule has 2 aromatic carbocycles. The molecule has 0 aliphatic heterocycles. The first kappa shape index (κ1) is 20.2. The molecule has 1 atom stereocenters. The molecule has 2 rings (SSSR count). The van der Waals surface area contributed by atoms with Crippen LogP contribution in [0.2, 0.25) is 0 Å². The number of primary amides is 1. The second kappa shape index (κ2) is 8.07. The lowest BCUT2D eigenvalue weighted by atomic mass is 10.1. The second-order valence-corrected chi connectivity index (χ2v) is 5.73. The summed E-state index contributed by atoms with van der Waals surface area (Å²) >= 11 is 0. The number of hydrogen-bond donors (Lipinski definition) is 2. The zero-order chi connectivity index (χ0) is 20.2. The third-order valence-electron chi connectivity index (χ3n) is 3.64. The Bertz CT molecular complexity index is 835. The fourth-order valence-corrected chi connectivity index (χ4v) is 2.06. The summed E-state index contributed by atoms with van der Waals surface area (Å²) < 4.78 is 56.9. The molecule has 0 aliphatic carbocycles. The number of halogens is 4. The topological polar surface area (TPSA) is 81.4 Å². The lowest BCUT2D eigenvalue weighted by Crippen LogP contribution is -2.42. The fourth-order valence-electron chi connectivity index (χ4n) is 2.06. The van der Waals surface area contributed by atoms with Crippen LogP contribution in [0.3, 0.4) is 0 Å². The highest BCUT2D eigenvalue weighted by atomic mass is 19.4. The first-order valence-corrected chi connectivity index (χ1v) is 7.76. The van der Waals surface area contributed by atoms with Gasteiger partial charge in [0.2, 0.25) is 5.91 Å². The van der Waals surface area contributed by atoms with Gasteiger partial charge in [0.05, 0.1) is 5.56 Å². The predicted octanol–water partition coefficient (Wildman–Crippen LogP) is 3.03. The van der Waals surface area contributed by atoms with Gasteiger partial charge in [0, 0.05) is 5.56 Å². The van der Waals surface area contributed by atoms with Crippen molar-refractivity contribution in [3.63, 3.8) is 0 Å². The largest absolute Gasteiger partial charge is 0.486 e. The van der Waals surface area contributed by atoms with E-state index in [4.69, 9.17) is 10.5 Å². The molecule has 0 fully saturated rings. The summed E-state index contributed by atoms with van der Waals surface area (Å²) in [6.45, 7) is 1.23. The summed E-state index contributed by atoms with van der Waals surface area (Å²) in [6.07, 6.45) is -4.44. The lowest BCUT2D eigenvalue weighted by molar-refractivity contribution is -0.137. The van der Waals surface area contributed by atoms with Gasteiger partial charge in [-0.05, 0) is 42.8 Å². The molecule has 144 valence electrons. The van der Waals surface area contributed by atoms with Gasteiger partial charge in [-0.1, -0.05) is 12.1 Å². The first-order valence-electron chi connectivity index (χ1n) is 7.76. The van der Waals surface area contributed by atoms with Gasteiger partial charge in [-0.15, -0.1) is 0 Å². The van der Waals surface area contributed by atoms with Crippen LogP contribution in [0.4, 0.5) is 17.6 Å². The van der Waals surface area contributed by atoms with Crippen LogP contribution in [0.15, 0.2) is 42.5 Å². The number of nitrogens with one attached hydrogen (secondary N) is 1. The van der Waals surface area contributed by atoms with Crippen LogP contribution in [0, 0.1) is 5.82 Å². The smallest absolute Gasteiger partial charge is 0.416 e. The maximum Gasteiger partial charge on any atom is 0.416 e. The molecule has 1 unspecified atom stereocenters. The molecule has 0 saturated heterocycles. The summed E-state index contributed by atoms with van der Waals surface area (Å²) in [5.74, 6) is -2.43. The van der Waals surface area contributed by atoms with Gasteiger partial charge in [0.25, 0.3) is 5.91 Å². The molecule has 0 bridgehead atoms. The van der Waals surface area contributed by atoms with Crippen LogP contribution in [0.25, 0.3) is 0 Å². The van der Waals surface area contributed by atoms with Gasteiger partial charge in [0.15, 0.2) is 11.6 Å². The number of hydrogen-bond acceptors (Lipinski definition) is 3. The van der Waals surface area contributed by atoms with Crippen LogP contribution >= 0.6 is 0 Å². The van der Waals surface area contributed by atoms with E-state index in [1.54, 1.807) is 0 Å². The number of rotatable bonds is 6. The molecule has 2 amide bonds. The van der Waals surface area contributed by atoms with Crippen LogP contribution < -0.4 is 15.8 Å². The summed E-state index contributed by atoms with van der Waals surface area (Å²) in [5.41, 5.74) is 4.62. The molecule has 3 N–H and O–H groups in total. The molecule has 0 spiro atoms. The Labute approximate surface area is 152 Å². The highest BCUT2D eigenvalue weighted by Crippen LogP contribution is 2.29. The number of carbonyl (C=O) groups is 2. The van der Waals surface area contributed by atoms with E-state index >= 15 is 0 Å². The van der Waals surface area contributed by atoms with Crippen LogP contribution in [-0.2, 0) is 17.6 Å². The Morgan fingerprint density at radius 1 is 1.15 bits per heavy atom. The van der Waals surface area contributed by atoms with E-state index in [9.17, 15) is 27.2 Å². The van der Waals surface area contributed by atoms with Gasteiger partial charge in [-0.2, -0.15) is 13.2 Å². The van der Waals surface area contributed by atoms with E-state index in [0.29, 0.717) is 5.56 Å². The Hall–Kier alpha value is -3.10. The van der Waals surface area contributed by atoms with Crippen molar-refractivity contribution in [2.45, 2.75) is 25.7 Å². The molecule has 2 aromatic rings. The van der Waals surface area contributed by atoms with E-state index in [2.05, 4.69) is 5.32 Å². The Balaban J connectivity index is 2.02. The molecular weight excluding hydrogens is 368 g/mol. The average Bonchev–Trinajstić information content (AvgIpc) is 2.60. The Morgan fingerprint density at radius 2 is 1.78 bits per heavy atom. The Kier molecular flexibility index (Phi) is 6.04. The van der Waals surface area contributed by atoms with E-state index in [1.165, 1.54) is 31.2 Å².